The molecular formula is C19H20F3N5OS. The lowest BCUT2D eigenvalue weighted by molar-refractivity contribution is -0.137. The number of carbonyl (C=O) groups excluding carboxylic acids is 1. The summed E-state index contributed by atoms with van der Waals surface area (Å²) in [4.78, 5) is 18.1. The highest BCUT2D eigenvalue weighted by Gasteiger charge is 2.30. The minimum atomic E-state index is -4.36. The summed E-state index contributed by atoms with van der Waals surface area (Å²) in [6.07, 6.45) is -2.77. The normalized spacial score (nSPS) is 16.6. The van der Waals surface area contributed by atoms with Gasteiger partial charge in [-0.2, -0.15) is 18.4 Å². The zero-order valence-corrected chi connectivity index (χ0v) is 16.3. The van der Waals surface area contributed by atoms with Crippen LogP contribution < -0.4 is 10.6 Å². The van der Waals surface area contributed by atoms with Crippen LogP contribution in [0.3, 0.4) is 0 Å². The molecule has 0 radical (unpaired) electrons. The van der Waals surface area contributed by atoms with Crippen LogP contribution in [0.15, 0.2) is 29.6 Å². The number of thiazole rings is 1. The highest BCUT2D eigenvalue weighted by atomic mass is 32.1. The number of hydrogen-bond donors (Lipinski definition) is 2. The number of nitrogens with one attached hydrogen (secondary N) is 2. The molecule has 0 saturated carbocycles. The maximum absolute atomic E-state index is 12.6. The Morgan fingerprint density at radius 1 is 1.31 bits per heavy atom. The molecule has 1 fully saturated rings. The molecule has 0 spiro atoms. The highest BCUT2D eigenvalue weighted by Crippen LogP contribution is 2.31. The van der Waals surface area contributed by atoms with E-state index in [-0.39, 0.29) is 18.5 Å². The number of aromatic nitrogens is 1. The first-order valence-corrected chi connectivity index (χ1v) is 10.0. The molecule has 2 aromatic rings. The zero-order chi connectivity index (χ0) is 20.9. The molecule has 1 aliphatic rings. The third-order valence-electron chi connectivity index (χ3n) is 4.59. The van der Waals surface area contributed by atoms with Gasteiger partial charge in [0.1, 0.15) is 6.04 Å². The van der Waals surface area contributed by atoms with Crippen molar-refractivity contribution in [2.24, 2.45) is 0 Å². The van der Waals surface area contributed by atoms with Crippen molar-refractivity contribution in [1.82, 2.24) is 15.2 Å². The van der Waals surface area contributed by atoms with E-state index in [1.165, 1.54) is 23.5 Å². The summed E-state index contributed by atoms with van der Waals surface area (Å²) in [5, 5.41) is 17.6. The van der Waals surface area contributed by atoms with E-state index >= 15 is 0 Å². The van der Waals surface area contributed by atoms with Gasteiger partial charge in [0.15, 0.2) is 5.13 Å². The van der Waals surface area contributed by atoms with Gasteiger partial charge in [0.2, 0.25) is 5.91 Å². The maximum Gasteiger partial charge on any atom is 0.416 e. The van der Waals surface area contributed by atoms with E-state index in [4.69, 9.17) is 5.26 Å². The fourth-order valence-electron chi connectivity index (χ4n) is 3.07. The van der Waals surface area contributed by atoms with Crippen LogP contribution in [0.5, 0.6) is 0 Å². The first-order chi connectivity index (χ1) is 13.9. The van der Waals surface area contributed by atoms with E-state index in [1.807, 2.05) is 0 Å². The van der Waals surface area contributed by atoms with E-state index in [0.717, 1.165) is 25.0 Å². The number of halogens is 3. The van der Waals surface area contributed by atoms with Crippen LogP contribution >= 0.6 is 11.3 Å². The fourth-order valence-corrected chi connectivity index (χ4v) is 3.82. The lowest BCUT2D eigenvalue weighted by Gasteiger charge is -2.19. The summed E-state index contributed by atoms with van der Waals surface area (Å²) >= 11 is 1.36. The molecule has 1 aliphatic heterocycles. The molecule has 1 aromatic heterocycles. The van der Waals surface area contributed by atoms with Gasteiger partial charge in [-0.1, -0.05) is 12.1 Å². The number of nitriles is 1. The summed E-state index contributed by atoms with van der Waals surface area (Å²) in [7, 11) is 0. The van der Waals surface area contributed by atoms with Crippen LogP contribution in [-0.2, 0) is 11.0 Å². The van der Waals surface area contributed by atoms with Crippen LogP contribution in [0.2, 0.25) is 0 Å². The van der Waals surface area contributed by atoms with E-state index in [0.29, 0.717) is 36.0 Å². The van der Waals surface area contributed by atoms with Crippen molar-refractivity contribution in [2.75, 3.05) is 31.5 Å². The Labute approximate surface area is 170 Å². The standard InChI is InChI=1S/C19H20F3N5OS/c20-19(21,22)14-5-3-13(4-6-14)16-12-29-18(26-16)25-8-7-24-11-17(28)27-9-1-2-15(27)10-23/h3-6,12,15,24H,1-2,7-9,11H2,(H,25,26)/t15-/m0/s1. The van der Waals surface area contributed by atoms with Crippen molar-refractivity contribution in [2.45, 2.75) is 25.1 Å². The van der Waals surface area contributed by atoms with Gasteiger partial charge in [-0.05, 0) is 25.0 Å². The van der Waals surface area contributed by atoms with Crippen LogP contribution in [0.25, 0.3) is 11.3 Å². The third kappa shape index (κ3) is 5.46. The number of amides is 1. The molecular weight excluding hydrogens is 403 g/mol. The monoisotopic (exact) mass is 423 g/mol. The van der Waals surface area contributed by atoms with Gasteiger partial charge < -0.3 is 15.5 Å². The van der Waals surface area contributed by atoms with Crippen molar-refractivity contribution in [3.63, 3.8) is 0 Å². The Hall–Kier alpha value is -2.64. The van der Waals surface area contributed by atoms with Gasteiger partial charge >= 0.3 is 6.18 Å². The predicted molar refractivity (Wildman–Crippen MR) is 104 cm³/mol. The van der Waals surface area contributed by atoms with Crippen LogP contribution in [0.1, 0.15) is 18.4 Å². The Morgan fingerprint density at radius 2 is 2.07 bits per heavy atom. The molecule has 154 valence electrons. The van der Waals surface area contributed by atoms with Crippen molar-refractivity contribution < 1.29 is 18.0 Å². The highest BCUT2D eigenvalue weighted by molar-refractivity contribution is 7.14. The summed E-state index contributed by atoms with van der Waals surface area (Å²) < 4.78 is 37.9. The number of anilines is 1. The topological polar surface area (TPSA) is 81.0 Å². The van der Waals surface area contributed by atoms with Gasteiger partial charge in [0, 0.05) is 30.6 Å². The van der Waals surface area contributed by atoms with E-state index in [1.54, 1.807) is 10.3 Å². The number of benzene rings is 1. The van der Waals surface area contributed by atoms with E-state index in [9.17, 15) is 18.0 Å². The average molecular weight is 423 g/mol. The average Bonchev–Trinajstić information content (AvgIpc) is 3.36. The van der Waals surface area contributed by atoms with E-state index in [2.05, 4.69) is 21.7 Å². The minimum absolute atomic E-state index is 0.0760. The zero-order valence-electron chi connectivity index (χ0n) is 15.5. The molecule has 2 N–H and O–H groups in total. The van der Waals surface area contributed by atoms with Crippen LogP contribution in [0, 0.1) is 11.3 Å². The largest absolute Gasteiger partial charge is 0.416 e. The first kappa shape index (κ1) is 21.1. The maximum atomic E-state index is 12.6. The van der Waals surface area contributed by atoms with Gasteiger partial charge in [-0.25, -0.2) is 4.98 Å². The molecule has 3 rings (SSSR count). The van der Waals surface area contributed by atoms with Crippen LogP contribution in [-0.4, -0.2) is 48.0 Å². The van der Waals surface area contributed by atoms with Gasteiger partial charge in [-0.3, -0.25) is 4.79 Å². The second-order valence-corrected chi connectivity index (χ2v) is 7.45. The molecule has 6 nitrogen and oxygen atoms in total. The summed E-state index contributed by atoms with van der Waals surface area (Å²) in [6.45, 7) is 1.87. The number of carbonyl (C=O) groups is 1. The number of rotatable bonds is 7. The van der Waals surface area contributed by atoms with Crippen molar-refractivity contribution in [1.29, 1.82) is 5.26 Å². The summed E-state index contributed by atoms with van der Waals surface area (Å²) in [5.41, 5.74) is 0.528. The molecule has 10 heteroatoms. The molecule has 29 heavy (non-hydrogen) atoms. The molecule has 1 amide bonds. The molecule has 0 bridgehead atoms. The Balaban J connectivity index is 1.42. The Kier molecular flexibility index (Phi) is 6.71. The van der Waals surface area contributed by atoms with Gasteiger partial charge in [0.05, 0.1) is 23.9 Å². The molecule has 1 aromatic carbocycles. The Morgan fingerprint density at radius 3 is 2.76 bits per heavy atom. The second-order valence-electron chi connectivity index (χ2n) is 6.59. The number of alkyl halides is 3. The van der Waals surface area contributed by atoms with E-state index < -0.39 is 11.7 Å². The first-order valence-electron chi connectivity index (χ1n) is 9.15. The summed E-state index contributed by atoms with van der Waals surface area (Å²) in [5.74, 6) is -0.0760. The SMILES string of the molecule is N#C[C@@H]1CCCN1C(=O)CNCCNc1nc(-c2ccc(C(F)(F)F)cc2)cs1. The molecule has 1 atom stereocenters. The van der Waals surface area contributed by atoms with Crippen molar-refractivity contribution >= 4 is 22.4 Å². The Bertz CT molecular complexity index is 875. The molecule has 0 unspecified atom stereocenters. The lowest BCUT2D eigenvalue weighted by Crippen LogP contribution is -2.41. The smallest absolute Gasteiger partial charge is 0.360 e. The van der Waals surface area contributed by atoms with Crippen LogP contribution in [0.4, 0.5) is 18.3 Å². The minimum Gasteiger partial charge on any atom is -0.360 e. The molecule has 1 saturated heterocycles. The van der Waals surface area contributed by atoms with Gasteiger partial charge in [-0.15, -0.1) is 11.3 Å². The summed E-state index contributed by atoms with van der Waals surface area (Å²) in [6, 6.07) is 6.72. The quantitative estimate of drug-likeness (QED) is 0.668. The second kappa shape index (κ2) is 9.24. The number of hydrogen-bond acceptors (Lipinski definition) is 6. The number of nitrogens with zero attached hydrogens (tertiary/aromatic N) is 3. The fraction of sp³-hybridized carbons (Fsp3) is 0.421. The van der Waals surface area contributed by atoms with Crippen molar-refractivity contribution in [3.8, 4) is 17.3 Å². The molecule has 2 heterocycles. The number of likely N-dealkylation sites (tertiary alicyclic amines) is 1. The van der Waals surface area contributed by atoms with Gasteiger partial charge in [0.25, 0.3) is 0 Å². The predicted octanol–water partition coefficient (Wildman–Crippen LogP) is 3.34. The third-order valence-corrected chi connectivity index (χ3v) is 5.39. The lowest BCUT2D eigenvalue weighted by atomic mass is 10.1. The molecule has 0 aliphatic carbocycles. The van der Waals surface area contributed by atoms with Crippen molar-refractivity contribution in [3.05, 3.63) is 35.2 Å².